The molecule has 8 nitrogen and oxygen atoms in total. The molecule has 0 aliphatic carbocycles. The molecule has 0 unspecified atom stereocenters. The summed E-state index contributed by atoms with van der Waals surface area (Å²) in [6, 6.07) is 11.7. The van der Waals surface area contributed by atoms with E-state index in [-0.39, 0.29) is 17.9 Å². The van der Waals surface area contributed by atoms with Crippen molar-refractivity contribution in [2.24, 2.45) is 0 Å². The predicted octanol–water partition coefficient (Wildman–Crippen LogP) is 2.67. The van der Waals surface area contributed by atoms with Crippen LogP contribution in [-0.4, -0.2) is 28.0 Å². The highest BCUT2D eigenvalue weighted by molar-refractivity contribution is 5.86. The van der Waals surface area contributed by atoms with Crippen LogP contribution in [0.15, 0.2) is 51.8 Å². The van der Waals surface area contributed by atoms with E-state index in [9.17, 15) is 9.59 Å². The number of rotatable bonds is 7. The van der Waals surface area contributed by atoms with Gasteiger partial charge in [-0.25, -0.2) is 9.48 Å². The molecule has 0 bridgehead atoms. The van der Waals surface area contributed by atoms with Crippen LogP contribution in [0.25, 0.3) is 11.3 Å². The Morgan fingerprint density at radius 2 is 1.96 bits per heavy atom. The van der Waals surface area contributed by atoms with Crippen LogP contribution in [0.2, 0.25) is 0 Å². The highest BCUT2D eigenvalue weighted by Crippen LogP contribution is 2.22. The first-order valence-corrected chi connectivity index (χ1v) is 8.46. The molecule has 27 heavy (non-hydrogen) atoms. The minimum Gasteiger partial charge on any atom is -0.497 e. The van der Waals surface area contributed by atoms with Crippen LogP contribution >= 0.6 is 0 Å². The third-order valence-corrected chi connectivity index (χ3v) is 3.80. The lowest BCUT2D eigenvalue weighted by Crippen LogP contribution is -2.24. The van der Waals surface area contributed by atoms with Gasteiger partial charge in [-0.3, -0.25) is 4.79 Å². The molecule has 8 heteroatoms. The first-order valence-electron chi connectivity index (χ1n) is 8.46. The SMILES string of the molecule is CCCn1nc(C(=O)OCc2cc(-c3ccc(OC)cc3)no2)ccc1=O. The van der Waals surface area contributed by atoms with Crippen LogP contribution < -0.4 is 10.3 Å². The van der Waals surface area contributed by atoms with E-state index in [2.05, 4.69) is 10.3 Å². The number of benzene rings is 1. The molecule has 2 heterocycles. The summed E-state index contributed by atoms with van der Waals surface area (Å²) in [6.07, 6.45) is 0.734. The molecule has 0 atom stereocenters. The van der Waals surface area contributed by atoms with Crippen molar-refractivity contribution in [3.63, 3.8) is 0 Å². The Balaban J connectivity index is 1.65. The summed E-state index contributed by atoms with van der Waals surface area (Å²) in [5.41, 5.74) is 1.29. The maximum atomic E-state index is 12.2. The van der Waals surface area contributed by atoms with Crippen molar-refractivity contribution in [2.45, 2.75) is 26.5 Å². The summed E-state index contributed by atoms with van der Waals surface area (Å²) >= 11 is 0. The monoisotopic (exact) mass is 369 g/mol. The molecule has 2 aromatic heterocycles. The van der Waals surface area contributed by atoms with Crippen LogP contribution in [0.3, 0.4) is 0 Å². The van der Waals surface area contributed by atoms with Gasteiger partial charge in [0.05, 0.1) is 7.11 Å². The average molecular weight is 369 g/mol. The van der Waals surface area contributed by atoms with Crippen LogP contribution in [-0.2, 0) is 17.9 Å². The van der Waals surface area contributed by atoms with Crippen LogP contribution in [0, 0.1) is 0 Å². The molecule has 0 spiro atoms. The van der Waals surface area contributed by atoms with Crippen molar-refractivity contribution in [2.75, 3.05) is 7.11 Å². The molecular weight excluding hydrogens is 350 g/mol. The number of carbonyl (C=O) groups is 1. The number of ether oxygens (including phenoxy) is 2. The van der Waals surface area contributed by atoms with E-state index in [1.54, 1.807) is 13.2 Å². The van der Waals surface area contributed by atoms with Gasteiger partial charge in [-0.05, 0) is 36.8 Å². The minimum atomic E-state index is -0.637. The molecule has 0 saturated carbocycles. The van der Waals surface area contributed by atoms with Crippen molar-refractivity contribution >= 4 is 5.97 Å². The first kappa shape index (κ1) is 18.4. The number of aryl methyl sites for hydroxylation is 1. The zero-order valence-corrected chi connectivity index (χ0v) is 15.0. The summed E-state index contributed by atoms with van der Waals surface area (Å²) in [5, 5.41) is 7.99. The standard InChI is InChI=1S/C19H19N3O5/c1-3-10-22-18(23)9-8-16(20-22)19(24)26-12-15-11-17(21-27-15)13-4-6-14(25-2)7-5-13/h4-9,11H,3,10,12H2,1-2H3. The molecule has 1 aromatic carbocycles. The Morgan fingerprint density at radius 1 is 1.19 bits per heavy atom. The minimum absolute atomic E-state index is 0.0675. The van der Waals surface area contributed by atoms with Gasteiger partial charge in [0.25, 0.3) is 5.56 Å². The maximum Gasteiger partial charge on any atom is 0.359 e. The maximum absolute atomic E-state index is 12.2. The van der Waals surface area contributed by atoms with Gasteiger partial charge in [-0.15, -0.1) is 0 Å². The molecule has 0 aliphatic rings. The van der Waals surface area contributed by atoms with Gasteiger partial charge in [-0.2, -0.15) is 5.10 Å². The lowest BCUT2D eigenvalue weighted by atomic mass is 10.1. The second-order valence-corrected chi connectivity index (χ2v) is 5.76. The van der Waals surface area contributed by atoms with Gasteiger partial charge in [0.1, 0.15) is 11.4 Å². The quantitative estimate of drug-likeness (QED) is 0.591. The normalized spacial score (nSPS) is 10.6. The highest BCUT2D eigenvalue weighted by atomic mass is 16.5. The second-order valence-electron chi connectivity index (χ2n) is 5.76. The van der Waals surface area contributed by atoms with E-state index in [0.717, 1.165) is 17.7 Å². The molecule has 140 valence electrons. The van der Waals surface area contributed by atoms with Gasteiger partial charge in [0.2, 0.25) is 0 Å². The Kier molecular flexibility index (Phi) is 5.65. The number of aromatic nitrogens is 3. The third kappa shape index (κ3) is 4.41. The second kappa shape index (κ2) is 8.31. The lowest BCUT2D eigenvalue weighted by Gasteiger charge is -2.05. The first-order chi connectivity index (χ1) is 13.1. The van der Waals surface area contributed by atoms with E-state index in [0.29, 0.717) is 18.0 Å². The van der Waals surface area contributed by atoms with Crippen molar-refractivity contribution in [3.8, 4) is 17.0 Å². The van der Waals surface area contributed by atoms with Crippen molar-refractivity contribution < 1.29 is 18.8 Å². The van der Waals surface area contributed by atoms with Crippen LogP contribution in [0.1, 0.15) is 29.6 Å². The largest absolute Gasteiger partial charge is 0.497 e. The molecule has 0 N–H and O–H groups in total. The van der Waals surface area contributed by atoms with Gasteiger partial charge in [-0.1, -0.05) is 12.1 Å². The topological polar surface area (TPSA) is 96.5 Å². The van der Waals surface area contributed by atoms with Crippen molar-refractivity contribution in [1.82, 2.24) is 14.9 Å². The summed E-state index contributed by atoms with van der Waals surface area (Å²) < 4.78 is 16.8. The zero-order chi connectivity index (χ0) is 19.2. The fourth-order valence-electron chi connectivity index (χ4n) is 2.42. The number of hydrogen-bond acceptors (Lipinski definition) is 7. The third-order valence-electron chi connectivity index (χ3n) is 3.80. The molecular formula is C19H19N3O5. The Bertz CT molecular complexity index is 976. The predicted molar refractivity (Wildman–Crippen MR) is 96.4 cm³/mol. The van der Waals surface area contributed by atoms with E-state index in [1.807, 2.05) is 31.2 Å². The molecule has 0 saturated heterocycles. The van der Waals surface area contributed by atoms with Gasteiger partial charge in [0, 0.05) is 24.2 Å². The number of methoxy groups -OCH3 is 1. The fraction of sp³-hybridized carbons (Fsp3) is 0.263. The Morgan fingerprint density at radius 3 is 2.67 bits per heavy atom. The summed E-state index contributed by atoms with van der Waals surface area (Å²) in [5.74, 6) is 0.506. The molecule has 3 rings (SSSR count). The van der Waals surface area contributed by atoms with E-state index >= 15 is 0 Å². The number of esters is 1. The lowest BCUT2D eigenvalue weighted by molar-refractivity contribution is 0.0427. The van der Waals surface area contributed by atoms with Gasteiger partial charge in [0.15, 0.2) is 18.1 Å². The fourth-order valence-corrected chi connectivity index (χ4v) is 2.42. The summed E-state index contributed by atoms with van der Waals surface area (Å²) in [6.45, 7) is 2.27. The Labute approximate surface area is 155 Å². The molecule has 0 radical (unpaired) electrons. The highest BCUT2D eigenvalue weighted by Gasteiger charge is 2.14. The molecule has 3 aromatic rings. The smallest absolute Gasteiger partial charge is 0.359 e. The Hall–Kier alpha value is -3.42. The number of carbonyl (C=O) groups excluding carboxylic acids is 1. The summed E-state index contributed by atoms with van der Waals surface area (Å²) in [7, 11) is 1.60. The van der Waals surface area contributed by atoms with Crippen molar-refractivity contribution in [3.05, 3.63) is 64.3 Å². The van der Waals surface area contributed by atoms with E-state index in [4.69, 9.17) is 14.0 Å². The molecule has 0 fully saturated rings. The molecule has 0 aliphatic heterocycles. The van der Waals surface area contributed by atoms with Gasteiger partial charge >= 0.3 is 5.97 Å². The van der Waals surface area contributed by atoms with Crippen LogP contribution in [0.4, 0.5) is 0 Å². The summed E-state index contributed by atoms with van der Waals surface area (Å²) in [4.78, 5) is 23.8. The molecule has 0 amide bonds. The van der Waals surface area contributed by atoms with Crippen LogP contribution in [0.5, 0.6) is 5.75 Å². The number of hydrogen-bond donors (Lipinski definition) is 0. The van der Waals surface area contributed by atoms with Crippen molar-refractivity contribution in [1.29, 1.82) is 0 Å². The van der Waals surface area contributed by atoms with E-state index in [1.165, 1.54) is 16.8 Å². The van der Waals surface area contributed by atoms with E-state index < -0.39 is 5.97 Å². The zero-order valence-electron chi connectivity index (χ0n) is 15.0. The average Bonchev–Trinajstić information content (AvgIpc) is 3.17. The number of nitrogens with zero attached hydrogens (tertiary/aromatic N) is 3. The van der Waals surface area contributed by atoms with Gasteiger partial charge < -0.3 is 14.0 Å².